The van der Waals surface area contributed by atoms with E-state index in [0.29, 0.717) is 29.4 Å². The van der Waals surface area contributed by atoms with Crippen LogP contribution in [0.3, 0.4) is 0 Å². The third-order valence-electron chi connectivity index (χ3n) is 3.10. The van der Waals surface area contributed by atoms with E-state index in [-0.39, 0.29) is 5.91 Å². The van der Waals surface area contributed by atoms with Gasteiger partial charge in [0.05, 0.1) is 25.5 Å². The Labute approximate surface area is 135 Å². The Kier molecular flexibility index (Phi) is 5.57. The van der Waals surface area contributed by atoms with Crippen LogP contribution in [0.5, 0.6) is 11.5 Å². The van der Waals surface area contributed by atoms with Crippen molar-refractivity contribution in [3.05, 3.63) is 54.7 Å². The van der Waals surface area contributed by atoms with Crippen LogP contribution in [0, 0.1) is 0 Å². The van der Waals surface area contributed by atoms with Gasteiger partial charge in [-0.25, -0.2) is 4.98 Å². The molecular weight excluding hydrogens is 294 g/mol. The zero-order valence-corrected chi connectivity index (χ0v) is 13.1. The molecule has 2 aromatic rings. The highest BCUT2D eigenvalue weighted by molar-refractivity contribution is 5.94. The van der Waals surface area contributed by atoms with Crippen LogP contribution in [0.4, 0.5) is 11.5 Å². The second-order valence-electron chi connectivity index (χ2n) is 4.62. The number of hydrogen-bond acceptors (Lipinski definition) is 5. The number of hydrogen-bond donors (Lipinski definition) is 2. The number of pyridine rings is 1. The maximum absolute atomic E-state index is 11.8. The van der Waals surface area contributed by atoms with Crippen molar-refractivity contribution >= 4 is 17.4 Å². The molecular formula is C17H19N3O3. The van der Waals surface area contributed by atoms with Crippen molar-refractivity contribution in [2.24, 2.45) is 0 Å². The standard InChI is InChI=1S/C17H19N3O3/c1-4-9-18-17(21)12-5-8-16(19-11-12)20-14-7-6-13(22-2)10-15(14)23-3/h4-8,10-11H,1,9H2,2-3H3,(H,18,21)(H,19,20). The van der Waals surface area contributed by atoms with Crippen LogP contribution in [0.2, 0.25) is 0 Å². The van der Waals surface area contributed by atoms with Crippen molar-refractivity contribution in [1.29, 1.82) is 0 Å². The molecule has 2 rings (SSSR count). The number of nitrogens with zero attached hydrogens (tertiary/aromatic N) is 1. The summed E-state index contributed by atoms with van der Waals surface area (Å²) < 4.78 is 10.5. The lowest BCUT2D eigenvalue weighted by atomic mass is 10.2. The van der Waals surface area contributed by atoms with E-state index in [9.17, 15) is 4.79 Å². The molecule has 0 saturated heterocycles. The molecule has 1 aromatic carbocycles. The predicted molar refractivity (Wildman–Crippen MR) is 89.6 cm³/mol. The topological polar surface area (TPSA) is 72.5 Å². The van der Waals surface area contributed by atoms with Crippen molar-refractivity contribution in [2.75, 3.05) is 26.1 Å². The van der Waals surface area contributed by atoms with Crippen molar-refractivity contribution in [2.45, 2.75) is 0 Å². The summed E-state index contributed by atoms with van der Waals surface area (Å²) in [5.74, 6) is 1.76. The maximum Gasteiger partial charge on any atom is 0.253 e. The zero-order valence-electron chi connectivity index (χ0n) is 13.1. The van der Waals surface area contributed by atoms with E-state index in [4.69, 9.17) is 9.47 Å². The molecule has 0 saturated carbocycles. The Morgan fingerprint density at radius 1 is 1.26 bits per heavy atom. The van der Waals surface area contributed by atoms with Gasteiger partial charge in [-0.15, -0.1) is 6.58 Å². The highest BCUT2D eigenvalue weighted by Gasteiger charge is 2.08. The van der Waals surface area contributed by atoms with Crippen molar-refractivity contribution in [3.63, 3.8) is 0 Å². The molecule has 6 nitrogen and oxygen atoms in total. The molecule has 0 aliphatic heterocycles. The van der Waals surface area contributed by atoms with Gasteiger partial charge in [0.15, 0.2) is 0 Å². The largest absolute Gasteiger partial charge is 0.497 e. The lowest BCUT2D eigenvalue weighted by Crippen LogP contribution is -2.23. The van der Waals surface area contributed by atoms with E-state index in [1.165, 1.54) is 6.20 Å². The van der Waals surface area contributed by atoms with E-state index >= 15 is 0 Å². The Hall–Kier alpha value is -3.02. The molecule has 0 spiro atoms. The lowest BCUT2D eigenvalue weighted by Gasteiger charge is -2.12. The SMILES string of the molecule is C=CCNC(=O)c1ccc(Nc2ccc(OC)cc2OC)nc1. The van der Waals surface area contributed by atoms with Gasteiger partial charge in [-0.05, 0) is 24.3 Å². The van der Waals surface area contributed by atoms with Gasteiger partial charge in [0.1, 0.15) is 17.3 Å². The van der Waals surface area contributed by atoms with E-state index in [2.05, 4.69) is 22.2 Å². The molecule has 23 heavy (non-hydrogen) atoms. The van der Waals surface area contributed by atoms with Gasteiger partial charge in [-0.1, -0.05) is 6.08 Å². The molecule has 6 heteroatoms. The second-order valence-corrected chi connectivity index (χ2v) is 4.62. The van der Waals surface area contributed by atoms with Gasteiger partial charge < -0.3 is 20.1 Å². The van der Waals surface area contributed by atoms with Gasteiger partial charge in [-0.2, -0.15) is 0 Å². The van der Waals surface area contributed by atoms with Gasteiger partial charge in [0.2, 0.25) is 0 Å². The molecule has 0 aliphatic rings. The molecule has 0 unspecified atom stereocenters. The van der Waals surface area contributed by atoms with Crippen molar-refractivity contribution in [1.82, 2.24) is 10.3 Å². The van der Waals surface area contributed by atoms with E-state index < -0.39 is 0 Å². The maximum atomic E-state index is 11.8. The molecule has 0 fully saturated rings. The first kappa shape index (κ1) is 16.4. The third kappa shape index (κ3) is 4.23. The summed E-state index contributed by atoms with van der Waals surface area (Å²) in [5, 5.41) is 5.84. The van der Waals surface area contributed by atoms with Crippen LogP contribution in [0.25, 0.3) is 0 Å². The summed E-state index contributed by atoms with van der Waals surface area (Å²) in [6, 6.07) is 8.86. The van der Waals surface area contributed by atoms with Crippen LogP contribution in [0.1, 0.15) is 10.4 Å². The fourth-order valence-electron chi connectivity index (χ4n) is 1.91. The van der Waals surface area contributed by atoms with Gasteiger partial charge in [0, 0.05) is 18.8 Å². The monoisotopic (exact) mass is 313 g/mol. The number of aromatic nitrogens is 1. The molecule has 120 valence electrons. The van der Waals surface area contributed by atoms with Crippen LogP contribution in [0.15, 0.2) is 49.2 Å². The lowest BCUT2D eigenvalue weighted by molar-refractivity contribution is 0.0957. The molecule has 2 N–H and O–H groups in total. The summed E-state index contributed by atoms with van der Waals surface area (Å²) in [7, 11) is 3.18. The molecule has 0 radical (unpaired) electrons. The van der Waals surface area contributed by atoms with Crippen LogP contribution >= 0.6 is 0 Å². The van der Waals surface area contributed by atoms with Gasteiger partial charge in [-0.3, -0.25) is 4.79 Å². The minimum absolute atomic E-state index is 0.189. The summed E-state index contributed by atoms with van der Waals surface area (Å²) >= 11 is 0. The van der Waals surface area contributed by atoms with Crippen LogP contribution in [-0.2, 0) is 0 Å². The summed E-state index contributed by atoms with van der Waals surface area (Å²) in [6.07, 6.45) is 3.13. The first-order valence-corrected chi connectivity index (χ1v) is 7.02. The number of benzene rings is 1. The number of anilines is 2. The summed E-state index contributed by atoms with van der Waals surface area (Å²) in [5.41, 5.74) is 1.24. The Morgan fingerprint density at radius 3 is 2.70 bits per heavy atom. The predicted octanol–water partition coefficient (Wildman–Crippen LogP) is 2.76. The molecule has 0 atom stereocenters. The molecule has 0 aliphatic carbocycles. The van der Waals surface area contributed by atoms with Crippen LogP contribution in [-0.4, -0.2) is 31.7 Å². The average molecular weight is 313 g/mol. The number of carbonyl (C=O) groups excluding carboxylic acids is 1. The minimum atomic E-state index is -0.189. The smallest absolute Gasteiger partial charge is 0.253 e. The van der Waals surface area contributed by atoms with E-state index in [1.807, 2.05) is 12.1 Å². The fraction of sp³-hybridized carbons (Fsp3) is 0.176. The first-order valence-electron chi connectivity index (χ1n) is 7.02. The van der Waals surface area contributed by atoms with Gasteiger partial charge >= 0.3 is 0 Å². The molecule has 1 amide bonds. The fourth-order valence-corrected chi connectivity index (χ4v) is 1.91. The Morgan fingerprint density at radius 2 is 2.09 bits per heavy atom. The third-order valence-corrected chi connectivity index (χ3v) is 3.10. The summed E-state index contributed by atoms with van der Waals surface area (Å²) in [4.78, 5) is 16.0. The number of amides is 1. The molecule has 1 heterocycles. The zero-order chi connectivity index (χ0) is 16.7. The highest BCUT2D eigenvalue weighted by Crippen LogP contribution is 2.30. The number of ether oxygens (including phenoxy) is 2. The molecule has 0 bridgehead atoms. The number of rotatable bonds is 7. The first-order chi connectivity index (χ1) is 11.2. The van der Waals surface area contributed by atoms with Crippen molar-refractivity contribution < 1.29 is 14.3 Å². The van der Waals surface area contributed by atoms with E-state index in [1.54, 1.807) is 38.5 Å². The molecule has 1 aromatic heterocycles. The van der Waals surface area contributed by atoms with Gasteiger partial charge in [0.25, 0.3) is 5.91 Å². The highest BCUT2D eigenvalue weighted by atomic mass is 16.5. The second kappa shape index (κ2) is 7.84. The van der Waals surface area contributed by atoms with Crippen LogP contribution < -0.4 is 20.1 Å². The quantitative estimate of drug-likeness (QED) is 0.769. The minimum Gasteiger partial charge on any atom is -0.497 e. The number of carbonyl (C=O) groups is 1. The normalized spacial score (nSPS) is 9.83. The van der Waals surface area contributed by atoms with Crippen molar-refractivity contribution in [3.8, 4) is 11.5 Å². The average Bonchev–Trinajstić information content (AvgIpc) is 2.60. The Bertz CT molecular complexity index is 684. The summed E-state index contributed by atoms with van der Waals surface area (Å²) in [6.45, 7) is 3.97. The van der Waals surface area contributed by atoms with E-state index in [0.717, 1.165) is 5.69 Å². The number of nitrogens with one attached hydrogen (secondary N) is 2. The number of methoxy groups -OCH3 is 2. The Balaban J connectivity index is 2.12.